The Bertz CT molecular complexity index is 800. The standard InChI is InChI=1S/C32H46O/c1-3-4-5-6-7-8-9-10-11-12-13-14-15-16-18-30-19-17-20-31(27-30)32(33)26-25-29-23-21-28(2)22-24-29/h17,19-27H,3-16,18H2,1-2H3. The molecule has 0 amide bonds. The molecule has 0 N–H and O–H groups in total. The van der Waals surface area contributed by atoms with Crippen molar-refractivity contribution in [2.45, 2.75) is 110 Å². The second-order valence-electron chi connectivity index (χ2n) is 9.65. The van der Waals surface area contributed by atoms with Crippen LogP contribution in [0.3, 0.4) is 0 Å². The third-order valence-electron chi connectivity index (χ3n) is 6.54. The van der Waals surface area contributed by atoms with Gasteiger partial charge in [0.25, 0.3) is 0 Å². The van der Waals surface area contributed by atoms with E-state index in [9.17, 15) is 4.79 Å². The highest BCUT2D eigenvalue weighted by molar-refractivity contribution is 6.06. The molecule has 0 atom stereocenters. The van der Waals surface area contributed by atoms with Crippen LogP contribution >= 0.6 is 0 Å². The Morgan fingerprint density at radius 1 is 0.697 bits per heavy atom. The monoisotopic (exact) mass is 446 g/mol. The number of aryl methyl sites for hydroxylation is 2. The first-order chi connectivity index (χ1) is 16.2. The summed E-state index contributed by atoms with van der Waals surface area (Å²) in [5.41, 5.74) is 4.37. The summed E-state index contributed by atoms with van der Waals surface area (Å²) in [6.45, 7) is 4.36. The molecule has 0 aliphatic heterocycles. The first-order valence-corrected chi connectivity index (χ1v) is 13.6. The smallest absolute Gasteiger partial charge is 0.185 e. The summed E-state index contributed by atoms with van der Waals surface area (Å²) >= 11 is 0. The molecule has 2 rings (SSSR count). The van der Waals surface area contributed by atoms with Crippen LogP contribution in [0.1, 0.15) is 124 Å². The van der Waals surface area contributed by atoms with Gasteiger partial charge in [0.05, 0.1) is 0 Å². The van der Waals surface area contributed by atoms with E-state index in [0.29, 0.717) is 0 Å². The van der Waals surface area contributed by atoms with Gasteiger partial charge >= 0.3 is 0 Å². The molecule has 1 nitrogen and oxygen atoms in total. The zero-order valence-corrected chi connectivity index (χ0v) is 21.3. The van der Waals surface area contributed by atoms with E-state index < -0.39 is 0 Å². The lowest BCUT2D eigenvalue weighted by atomic mass is 10.0. The summed E-state index contributed by atoms with van der Waals surface area (Å²) in [6, 6.07) is 16.4. The summed E-state index contributed by atoms with van der Waals surface area (Å²) in [7, 11) is 0. The third-order valence-corrected chi connectivity index (χ3v) is 6.54. The minimum atomic E-state index is 0.0818. The molecule has 2 aromatic rings. The predicted molar refractivity (Wildman–Crippen MR) is 145 cm³/mol. The summed E-state index contributed by atoms with van der Waals surface area (Å²) in [6.07, 6.45) is 24.1. The number of rotatable bonds is 18. The van der Waals surface area contributed by atoms with Gasteiger partial charge in [-0.05, 0) is 43.0 Å². The van der Waals surface area contributed by atoms with Crippen molar-refractivity contribution in [1.82, 2.24) is 0 Å². The highest BCUT2D eigenvalue weighted by Gasteiger charge is 2.03. The number of benzene rings is 2. The normalized spacial score (nSPS) is 11.3. The van der Waals surface area contributed by atoms with E-state index in [1.54, 1.807) is 6.08 Å². The SMILES string of the molecule is CCCCCCCCCCCCCCCCc1cccc(C(=O)C=Cc2ccc(C)cc2)c1. The van der Waals surface area contributed by atoms with Crippen molar-refractivity contribution in [2.75, 3.05) is 0 Å². The Morgan fingerprint density at radius 3 is 1.82 bits per heavy atom. The Labute approximate surface area is 203 Å². The van der Waals surface area contributed by atoms with Crippen molar-refractivity contribution in [3.8, 4) is 0 Å². The van der Waals surface area contributed by atoms with Gasteiger partial charge in [-0.2, -0.15) is 0 Å². The molecule has 0 radical (unpaired) electrons. The Kier molecular flexibility index (Phi) is 14.2. The number of hydrogen-bond donors (Lipinski definition) is 0. The van der Waals surface area contributed by atoms with Gasteiger partial charge in [-0.15, -0.1) is 0 Å². The Hall–Kier alpha value is -2.15. The second kappa shape index (κ2) is 17.3. The zero-order valence-electron chi connectivity index (χ0n) is 21.3. The van der Waals surface area contributed by atoms with E-state index in [2.05, 4.69) is 38.1 Å². The van der Waals surface area contributed by atoms with Crippen LogP contribution in [0.4, 0.5) is 0 Å². The average molecular weight is 447 g/mol. The highest BCUT2D eigenvalue weighted by atomic mass is 16.1. The molecule has 33 heavy (non-hydrogen) atoms. The summed E-state index contributed by atoms with van der Waals surface area (Å²) in [5, 5.41) is 0. The number of ketones is 1. The second-order valence-corrected chi connectivity index (χ2v) is 9.65. The van der Waals surface area contributed by atoms with Crippen molar-refractivity contribution in [3.05, 3.63) is 76.9 Å². The molecule has 0 bridgehead atoms. The minimum Gasteiger partial charge on any atom is -0.289 e. The van der Waals surface area contributed by atoms with Gasteiger partial charge in [-0.1, -0.05) is 144 Å². The molecule has 0 fully saturated rings. The molecule has 1 heteroatoms. The Morgan fingerprint density at radius 2 is 1.24 bits per heavy atom. The van der Waals surface area contributed by atoms with Gasteiger partial charge in [-0.25, -0.2) is 0 Å². The largest absolute Gasteiger partial charge is 0.289 e. The van der Waals surface area contributed by atoms with Crippen LogP contribution in [-0.4, -0.2) is 5.78 Å². The zero-order chi connectivity index (χ0) is 23.6. The fraction of sp³-hybridized carbons (Fsp3) is 0.531. The molecule has 2 aromatic carbocycles. The van der Waals surface area contributed by atoms with Crippen LogP contribution in [0.5, 0.6) is 0 Å². The van der Waals surface area contributed by atoms with Crippen LogP contribution in [-0.2, 0) is 6.42 Å². The summed E-state index contributed by atoms with van der Waals surface area (Å²) < 4.78 is 0. The van der Waals surface area contributed by atoms with Gasteiger partial charge in [0.15, 0.2) is 5.78 Å². The quantitative estimate of drug-likeness (QED) is 0.126. The third kappa shape index (κ3) is 12.6. The molecule has 0 unspecified atom stereocenters. The lowest BCUT2D eigenvalue weighted by Crippen LogP contribution is -1.96. The molecule has 0 heterocycles. The summed E-state index contributed by atoms with van der Waals surface area (Å²) in [5.74, 6) is 0.0818. The molecular formula is C32H46O. The van der Waals surface area contributed by atoms with E-state index >= 15 is 0 Å². The van der Waals surface area contributed by atoms with Gasteiger partial charge in [0.1, 0.15) is 0 Å². The molecule has 180 valence electrons. The predicted octanol–water partition coefficient (Wildman–Crippen LogP) is 9.91. The lowest BCUT2D eigenvalue weighted by molar-refractivity contribution is 0.104. The van der Waals surface area contributed by atoms with Crippen molar-refractivity contribution in [3.63, 3.8) is 0 Å². The van der Waals surface area contributed by atoms with Gasteiger partial charge in [-0.3, -0.25) is 4.79 Å². The number of hydrogen-bond acceptors (Lipinski definition) is 1. The highest BCUT2D eigenvalue weighted by Crippen LogP contribution is 2.15. The van der Waals surface area contributed by atoms with E-state index in [0.717, 1.165) is 17.5 Å². The van der Waals surface area contributed by atoms with Crippen molar-refractivity contribution < 1.29 is 4.79 Å². The first-order valence-electron chi connectivity index (χ1n) is 13.6. The average Bonchev–Trinajstić information content (AvgIpc) is 2.84. The summed E-state index contributed by atoms with van der Waals surface area (Å²) in [4.78, 5) is 12.6. The topological polar surface area (TPSA) is 17.1 Å². The van der Waals surface area contributed by atoms with Crippen LogP contribution < -0.4 is 0 Å². The van der Waals surface area contributed by atoms with Crippen LogP contribution in [0.15, 0.2) is 54.6 Å². The maximum atomic E-state index is 12.6. The molecule has 0 saturated carbocycles. The van der Waals surface area contributed by atoms with Crippen molar-refractivity contribution >= 4 is 11.9 Å². The first kappa shape index (κ1) is 27.1. The maximum absolute atomic E-state index is 12.6. The fourth-order valence-corrected chi connectivity index (χ4v) is 4.35. The maximum Gasteiger partial charge on any atom is 0.185 e. The van der Waals surface area contributed by atoms with Crippen LogP contribution in [0.2, 0.25) is 0 Å². The van der Waals surface area contributed by atoms with Gasteiger partial charge in [0.2, 0.25) is 0 Å². The lowest BCUT2D eigenvalue weighted by Gasteiger charge is -2.05. The Balaban J connectivity index is 1.54. The molecule has 0 aliphatic carbocycles. The number of allylic oxidation sites excluding steroid dienone is 1. The van der Waals surface area contributed by atoms with Crippen molar-refractivity contribution in [2.24, 2.45) is 0 Å². The number of unbranched alkanes of at least 4 members (excludes halogenated alkanes) is 13. The molecule has 0 aromatic heterocycles. The van der Waals surface area contributed by atoms with Gasteiger partial charge in [0, 0.05) is 5.56 Å². The molecule has 0 spiro atoms. The fourth-order valence-electron chi connectivity index (χ4n) is 4.35. The molecule has 0 aliphatic rings. The molecule has 0 saturated heterocycles. The van der Waals surface area contributed by atoms with E-state index in [1.807, 2.05) is 30.3 Å². The number of carbonyl (C=O) groups is 1. The van der Waals surface area contributed by atoms with Crippen LogP contribution in [0, 0.1) is 6.92 Å². The molecular weight excluding hydrogens is 400 g/mol. The van der Waals surface area contributed by atoms with E-state index in [-0.39, 0.29) is 5.78 Å². The number of carbonyl (C=O) groups excluding carboxylic acids is 1. The van der Waals surface area contributed by atoms with E-state index in [4.69, 9.17) is 0 Å². The van der Waals surface area contributed by atoms with E-state index in [1.165, 1.54) is 101 Å². The minimum absolute atomic E-state index is 0.0818. The van der Waals surface area contributed by atoms with Crippen molar-refractivity contribution in [1.29, 1.82) is 0 Å². The van der Waals surface area contributed by atoms with Crippen LogP contribution in [0.25, 0.3) is 6.08 Å². The van der Waals surface area contributed by atoms with Gasteiger partial charge < -0.3 is 0 Å².